The third kappa shape index (κ3) is 1.62. The molecule has 0 amide bonds. The molecule has 2 aliphatic rings. The summed E-state index contributed by atoms with van der Waals surface area (Å²) in [6.07, 6.45) is 2.74. The molecule has 2 rings (SSSR count). The molecule has 1 aliphatic carbocycles. The van der Waals surface area contributed by atoms with E-state index in [0.717, 1.165) is 30.3 Å². The standard InChI is InChI=1S/C11H22N2/c1-8-5-11(9(8)2)13-4-3-10(6-12)7-13/h8-11H,3-7,12H2,1-2H3. The maximum atomic E-state index is 5.69. The number of hydrogen-bond donors (Lipinski definition) is 1. The Labute approximate surface area is 81.5 Å². The van der Waals surface area contributed by atoms with E-state index in [1.54, 1.807) is 0 Å². The molecule has 13 heavy (non-hydrogen) atoms. The van der Waals surface area contributed by atoms with Gasteiger partial charge in [0.1, 0.15) is 0 Å². The number of likely N-dealkylation sites (tertiary alicyclic amines) is 1. The van der Waals surface area contributed by atoms with Gasteiger partial charge < -0.3 is 5.73 Å². The first-order valence-electron chi connectivity index (χ1n) is 5.66. The topological polar surface area (TPSA) is 29.3 Å². The first-order valence-corrected chi connectivity index (χ1v) is 5.66. The van der Waals surface area contributed by atoms with Gasteiger partial charge in [0, 0.05) is 12.6 Å². The average molecular weight is 182 g/mol. The fraction of sp³-hybridized carbons (Fsp3) is 1.00. The number of nitrogens with zero attached hydrogens (tertiary/aromatic N) is 1. The van der Waals surface area contributed by atoms with E-state index in [1.165, 1.54) is 25.9 Å². The van der Waals surface area contributed by atoms with Crippen LogP contribution in [0.2, 0.25) is 0 Å². The van der Waals surface area contributed by atoms with Crippen LogP contribution in [-0.4, -0.2) is 30.6 Å². The van der Waals surface area contributed by atoms with Gasteiger partial charge in [-0.25, -0.2) is 0 Å². The van der Waals surface area contributed by atoms with Gasteiger partial charge in [-0.2, -0.15) is 0 Å². The molecular weight excluding hydrogens is 160 g/mol. The van der Waals surface area contributed by atoms with Crippen molar-refractivity contribution >= 4 is 0 Å². The van der Waals surface area contributed by atoms with E-state index in [0.29, 0.717) is 0 Å². The van der Waals surface area contributed by atoms with Crippen molar-refractivity contribution in [3.8, 4) is 0 Å². The molecule has 0 spiro atoms. The van der Waals surface area contributed by atoms with Crippen LogP contribution < -0.4 is 5.73 Å². The summed E-state index contributed by atoms with van der Waals surface area (Å²) in [6.45, 7) is 8.21. The molecule has 1 heterocycles. The Bertz CT molecular complexity index is 181. The summed E-state index contributed by atoms with van der Waals surface area (Å²) in [5.74, 6) is 2.64. The van der Waals surface area contributed by atoms with E-state index in [4.69, 9.17) is 5.73 Å². The van der Waals surface area contributed by atoms with Crippen molar-refractivity contribution in [2.24, 2.45) is 23.5 Å². The van der Waals surface area contributed by atoms with Crippen molar-refractivity contribution in [1.82, 2.24) is 4.90 Å². The molecule has 4 unspecified atom stereocenters. The van der Waals surface area contributed by atoms with Crippen LogP contribution >= 0.6 is 0 Å². The fourth-order valence-corrected chi connectivity index (χ4v) is 2.83. The molecule has 2 heteroatoms. The Hall–Kier alpha value is -0.0800. The van der Waals surface area contributed by atoms with E-state index in [2.05, 4.69) is 18.7 Å². The molecule has 0 aromatic rings. The molecule has 2 fully saturated rings. The molecule has 4 atom stereocenters. The molecule has 0 aromatic carbocycles. The van der Waals surface area contributed by atoms with Crippen LogP contribution in [0.5, 0.6) is 0 Å². The van der Waals surface area contributed by atoms with Crippen LogP contribution in [0.15, 0.2) is 0 Å². The molecule has 1 saturated heterocycles. The zero-order valence-corrected chi connectivity index (χ0v) is 8.87. The number of rotatable bonds is 2. The Morgan fingerprint density at radius 2 is 2.15 bits per heavy atom. The SMILES string of the molecule is CC1CC(N2CCC(CN)C2)C1C. The maximum Gasteiger partial charge on any atom is 0.0126 e. The van der Waals surface area contributed by atoms with Gasteiger partial charge in [-0.1, -0.05) is 13.8 Å². The molecule has 2 nitrogen and oxygen atoms in total. The van der Waals surface area contributed by atoms with E-state index in [-0.39, 0.29) is 0 Å². The Balaban J connectivity index is 1.83. The second-order valence-electron chi connectivity index (χ2n) is 5.02. The van der Waals surface area contributed by atoms with Crippen LogP contribution in [0, 0.1) is 17.8 Å². The Morgan fingerprint density at radius 3 is 2.62 bits per heavy atom. The first kappa shape index (κ1) is 9.47. The minimum absolute atomic E-state index is 0.781. The Kier molecular flexibility index (Phi) is 2.61. The number of hydrogen-bond acceptors (Lipinski definition) is 2. The lowest BCUT2D eigenvalue weighted by molar-refractivity contribution is 0.0365. The third-order valence-corrected chi connectivity index (χ3v) is 4.24. The molecule has 0 bridgehead atoms. The lowest BCUT2D eigenvalue weighted by atomic mass is 9.71. The smallest absolute Gasteiger partial charge is 0.0126 e. The number of nitrogens with two attached hydrogens (primary N) is 1. The fourth-order valence-electron chi connectivity index (χ4n) is 2.83. The normalized spacial score (nSPS) is 46.4. The molecule has 1 aliphatic heterocycles. The summed E-state index contributed by atoms with van der Waals surface area (Å²) in [7, 11) is 0. The van der Waals surface area contributed by atoms with E-state index < -0.39 is 0 Å². The monoisotopic (exact) mass is 182 g/mol. The second kappa shape index (κ2) is 3.58. The Morgan fingerprint density at radius 1 is 1.38 bits per heavy atom. The van der Waals surface area contributed by atoms with Gasteiger partial charge in [0.2, 0.25) is 0 Å². The molecule has 2 N–H and O–H groups in total. The van der Waals surface area contributed by atoms with Crippen molar-refractivity contribution < 1.29 is 0 Å². The highest BCUT2D eigenvalue weighted by Crippen LogP contribution is 2.39. The first-order chi connectivity index (χ1) is 6.22. The summed E-state index contributed by atoms with van der Waals surface area (Å²) in [6, 6.07) is 0.881. The third-order valence-electron chi connectivity index (χ3n) is 4.24. The van der Waals surface area contributed by atoms with E-state index >= 15 is 0 Å². The predicted molar refractivity (Wildman–Crippen MR) is 55.5 cm³/mol. The van der Waals surface area contributed by atoms with Crippen LogP contribution in [0.25, 0.3) is 0 Å². The van der Waals surface area contributed by atoms with Crippen molar-refractivity contribution in [3.63, 3.8) is 0 Å². The van der Waals surface area contributed by atoms with Crippen molar-refractivity contribution in [2.75, 3.05) is 19.6 Å². The van der Waals surface area contributed by atoms with Gasteiger partial charge in [-0.15, -0.1) is 0 Å². The highest BCUT2D eigenvalue weighted by Gasteiger charge is 2.40. The van der Waals surface area contributed by atoms with Crippen molar-refractivity contribution in [3.05, 3.63) is 0 Å². The summed E-state index contributed by atoms with van der Waals surface area (Å²) >= 11 is 0. The van der Waals surface area contributed by atoms with Crippen LogP contribution in [-0.2, 0) is 0 Å². The summed E-state index contributed by atoms with van der Waals surface area (Å²) < 4.78 is 0. The zero-order valence-electron chi connectivity index (χ0n) is 8.87. The largest absolute Gasteiger partial charge is 0.330 e. The lowest BCUT2D eigenvalue weighted by Crippen LogP contribution is -2.49. The summed E-state index contributed by atoms with van der Waals surface area (Å²) in [4.78, 5) is 2.67. The van der Waals surface area contributed by atoms with Gasteiger partial charge in [0.05, 0.1) is 0 Å². The van der Waals surface area contributed by atoms with Crippen LogP contribution in [0.4, 0.5) is 0 Å². The van der Waals surface area contributed by atoms with Crippen molar-refractivity contribution in [2.45, 2.75) is 32.7 Å². The molecule has 1 saturated carbocycles. The quantitative estimate of drug-likeness (QED) is 0.697. The highest BCUT2D eigenvalue weighted by molar-refractivity contribution is 4.94. The van der Waals surface area contributed by atoms with Crippen molar-refractivity contribution in [1.29, 1.82) is 0 Å². The molecule has 0 aromatic heterocycles. The zero-order chi connectivity index (χ0) is 9.42. The van der Waals surface area contributed by atoms with Gasteiger partial charge >= 0.3 is 0 Å². The van der Waals surface area contributed by atoms with E-state index in [1.807, 2.05) is 0 Å². The lowest BCUT2D eigenvalue weighted by Gasteiger charge is -2.46. The molecule has 76 valence electrons. The summed E-state index contributed by atoms with van der Waals surface area (Å²) in [5, 5.41) is 0. The molecule has 0 radical (unpaired) electrons. The van der Waals surface area contributed by atoms with E-state index in [9.17, 15) is 0 Å². The minimum atomic E-state index is 0.781. The van der Waals surface area contributed by atoms with Gasteiger partial charge in [-0.3, -0.25) is 4.90 Å². The molecular formula is C11H22N2. The maximum absolute atomic E-state index is 5.69. The minimum Gasteiger partial charge on any atom is -0.330 e. The van der Waals surface area contributed by atoms with Gasteiger partial charge in [0.25, 0.3) is 0 Å². The predicted octanol–water partition coefficient (Wildman–Crippen LogP) is 1.31. The van der Waals surface area contributed by atoms with Gasteiger partial charge in [-0.05, 0) is 43.7 Å². The average Bonchev–Trinajstić information content (AvgIpc) is 2.61. The summed E-state index contributed by atoms with van der Waals surface area (Å²) in [5.41, 5.74) is 5.69. The van der Waals surface area contributed by atoms with Crippen LogP contribution in [0.1, 0.15) is 26.7 Å². The second-order valence-corrected chi connectivity index (χ2v) is 5.02. The highest BCUT2D eigenvalue weighted by atomic mass is 15.2. The van der Waals surface area contributed by atoms with Gasteiger partial charge in [0.15, 0.2) is 0 Å². The van der Waals surface area contributed by atoms with Crippen LogP contribution in [0.3, 0.4) is 0 Å².